The first kappa shape index (κ1) is 20.0. The summed E-state index contributed by atoms with van der Waals surface area (Å²) in [6.45, 7) is 0.285. The molecule has 0 bridgehead atoms. The van der Waals surface area contributed by atoms with Gasteiger partial charge in [-0.1, -0.05) is 6.07 Å². The minimum Gasteiger partial charge on any atom is -0.508 e. The molecule has 0 aliphatic carbocycles. The van der Waals surface area contributed by atoms with Gasteiger partial charge in [-0.05, 0) is 23.8 Å². The first-order valence-electron chi connectivity index (χ1n) is 9.83. The highest BCUT2D eigenvalue weighted by Crippen LogP contribution is 2.44. The fourth-order valence-electron chi connectivity index (χ4n) is 3.80. The van der Waals surface area contributed by atoms with Crippen molar-refractivity contribution in [2.75, 3.05) is 13.7 Å². The van der Waals surface area contributed by atoms with Crippen LogP contribution in [0.15, 0.2) is 48.7 Å². The lowest BCUT2D eigenvalue weighted by molar-refractivity contribution is 0.0207. The monoisotopic (exact) mass is 437 g/mol. The topological polar surface area (TPSA) is 128 Å². The molecule has 0 fully saturated rings. The maximum atomic E-state index is 12.7. The Morgan fingerprint density at radius 2 is 1.81 bits per heavy atom. The molecule has 1 aromatic heterocycles. The van der Waals surface area contributed by atoms with E-state index in [1.807, 2.05) is 6.07 Å². The van der Waals surface area contributed by atoms with Crippen molar-refractivity contribution in [1.29, 1.82) is 0 Å². The molecule has 164 valence electrons. The highest BCUT2D eigenvalue weighted by molar-refractivity contribution is 6.05. The average molecular weight is 437 g/mol. The Kier molecular flexibility index (Phi) is 4.75. The fraction of sp³-hybridized carbons (Fsp3) is 0.217. The van der Waals surface area contributed by atoms with Crippen LogP contribution >= 0.6 is 0 Å². The van der Waals surface area contributed by atoms with Crippen molar-refractivity contribution >= 4 is 5.78 Å². The summed E-state index contributed by atoms with van der Waals surface area (Å²) >= 11 is 0. The van der Waals surface area contributed by atoms with Crippen molar-refractivity contribution in [3.05, 3.63) is 65.4 Å². The highest BCUT2D eigenvalue weighted by atomic mass is 16.6. The van der Waals surface area contributed by atoms with Gasteiger partial charge < -0.3 is 34.3 Å². The Morgan fingerprint density at radius 3 is 2.56 bits per heavy atom. The molecule has 3 unspecified atom stereocenters. The van der Waals surface area contributed by atoms with Crippen molar-refractivity contribution in [2.45, 2.75) is 18.3 Å². The molecule has 0 amide bonds. The van der Waals surface area contributed by atoms with Crippen LogP contribution in [0.5, 0.6) is 34.6 Å². The van der Waals surface area contributed by atoms with E-state index in [0.29, 0.717) is 22.9 Å². The highest BCUT2D eigenvalue weighted by Gasteiger charge is 2.39. The third kappa shape index (κ3) is 3.32. The van der Waals surface area contributed by atoms with Gasteiger partial charge in [0.1, 0.15) is 29.4 Å². The van der Waals surface area contributed by atoms with Crippen LogP contribution in [0.4, 0.5) is 0 Å². The summed E-state index contributed by atoms with van der Waals surface area (Å²) in [4.78, 5) is 16.8. The Balaban J connectivity index is 1.44. The molecule has 3 aromatic rings. The van der Waals surface area contributed by atoms with Crippen molar-refractivity contribution in [2.24, 2.45) is 0 Å². The summed E-state index contributed by atoms with van der Waals surface area (Å²) in [7, 11) is 1.54. The number of hydrogen-bond donors (Lipinski definition) is 3. The maximum Gasteiger partial charge on any atom is 0.212 e. The molecule has 3 N–H and O–H groups in total. The van der Waals surface area contributed by atoms with E-state index in [-0.39, 0.29) is 23.7 Å². The Labute approximate surface area is 182 Å². The molecule has 2 aromatic carbocycles. The van der Waals surface area contributed by atoms with Gasteiger partial charge in [0, 0.05) is 30.0 Å². The summed E-state index contributed by atoms with van der Waals surface area (Å²) in [5.74, 6) is -0.0200. The van der Waals surface area contributed by atoms with Gasteiger partial charge in [0.15, 0.2) is 29.8 Å². The Hall–Kier alpha value is -3.98. The number of carbonyl (C=O) groups excluding carboxylic acids is 1. The Bertz CT molecular complexity index is 1190. The second kappa shape index (κ2) is 7.61. The molecule has 2 aliphatic heterocycles. The summed E-state index contributed by atoms with van der Waals surface area (Å²) in [5.41, 5.74) is 1.09. The van der Waals surface area contributed by atoms with Gasteiger partial charge in [0.2, 0.25) is 11.7 Å². The number of benzene rings is 2. The lowest BCUT2D eigenvalue weighted by Gasteiger charge is -2.31. The van der Waals surface area contributed by atoms with Crippen LogP contribution in [-0.2, 0) is 0 Å². The number of nitrogens with zero attached hydrogens (tertiary/aromatic N) is 1. The van der Waals surface area contributed by atoms with Crippen LogP contribution in [0.3, 0.4) is 0 Å². The van der Waals surface area contributed by atoms with Gasteiger partial charge in [-0.2, -0.15) is 0 Å². The quantitative estimate of drug-likeness (QED) is 0.567. The molecule has 0 saturated heterocycles. The van der Waals surface area contributed by atoms with E-state index in [0.717, 1.165) is 11.6 Å². The smallest absolute Gasteiger partial charge is 0.212 e. The summed E-state index contributed by atoms with van der Waals surface area (Å²) in [6.07, 6.45) is -1.38. The number of methoxy groups -OCH3 is 1. The number of hydrogen-bond acceptors (Lipinski definition) is 9. The van der Waals surface area contributed by atoms with Gasteiger partial charge in [-0.15, -0.1) is 0 Å². The van der Waals surface area contributed by atoms with Crippen molar-refractivity contribution in [3.63, 3.8) is 0 Å². The molecule has 3 heterocycles. The van der Waals surface area contributed by atoms with Crippen molar-refractivity contribution < 1.29 is 39.1 Å². The lowest BCUT2D eigenvalue weighted by atomic mass is 9.92. The minimum absolute atomic E-state index is 0.0140. The van der Waals surface area contributed by atoms with Gasteiger partial charge in [0.05, 0.1) is 7.11 Å². The lowest BCUT2D eigenvalue weighted by Crippen LogP contribution is -2.36. The summed E-state index contributed by atoms with van der Waals surface area (Å²) in [5, 5.41) is 30.3. The van der Waals surface area contributed by atoms with E-state index in [1.165, 1.54) is 13.2 Å². The van der Waals surface area contributed by atoms with E-state index in [4.69, 9.17) is 18.9 Å². The van der Waals surface area contributed by atoms with E-state index in [9.17, 15) is 20.1 Å². The summed E-state index contributed by atoms with van der Waals surface area (Å²) in [6, 6.07) is 10.8. The second-order valence-electron chi connectivity index (χ2n) is 7.44. The zero-order valence-corrected chi connectivity index (χ0v) is 16.9. The molecular weight excluding hydrogens is 418 g/mol. The van der Waals surface area contributed by atoms with Crippen molar-refractivity contribution in [1.82, 2.24) is 4.98 Å². The van der Waals surface area contributed by atoms with Crippen LogP contribution in [0.25, 0.3) is 0 Å². The molecule has 0 radical (unpaired) electrons. The number of Topliss-reactive ketones (excluding diaryl/α,β-unsaturated/α-hetero) is 1. The predicted molar refractivity (Wildman–Crippen MR) is 110 cm³/mol. The largest absolute Gasteiger partial charge is 0.508 e. The zero-order valence-electron chi connectivity index (χ0n) is 16.9. The molecule has 2 aliphatic rings. The van der Waals surface area contributed by atoms with E-state index in [1.54, 1.807) is 30.5 Å². The molecule has 3 atom stereocenters. The number of phenols is 2. The molecule has 32 heavy (non-hydrogen) atoms. The number of carbonyl (C=O) groups is 1. The predicted octanol–water partition coefficient (Wildman–Crippen LogP) is 2.69. The Morgan fingerprint density at radius 1 is 1.00 bits per heavy atom. The third-order valence-corrected chi connectivity index (χ3v) is 5.42. The minimum atomic E-state index is -1.55. The fourth-order valence-corrected chi connectivity index (χ4v) is 3.80. The van der Waals surface area contributed by atoms with E-state index >= 15 is 0 Å². The molecule has 5 rings (SSSR count). The molecule has 0 spiro atoms. The number of ketones is 1. The number of aliphatic hydroxyl groups excluding tert-OH is 1. The molecule has 0 saturated carbocycles. The van der Waals surface area contributed by atoms with Crippen LogP contribution < -0.4 is 18.9 Å². The number of rotatable bonds is 3. The second-order valence-corrected chi connectivity index (χ2v) is 7.44. The van der Waals surface area contributed by atoms with Gasteiger partial charge >= 0.3 is 0 Å². The SMILES string of the molecule is COc1ccc(C2COc3ccc(C4Oc5cc(O)cc(O)c5C(=O)C4O)cc3O2)cn1. The van der Waals surface area contributed by atoms with Crippen molar-refractivity contribution in [3.8, 4) is 34.6 Å². The number of aliphatic hydroxyl groups is 1. The number of aromatic hydroxyl groups is 2. The first-order valence-corrected chi connectivity index (χ1v) is 9.83. The molecule has 9 heteroatoms. The molecule has 9 nitrogen and oxygen atoms in total. The van der Waals surface area contributed by atoms with Gasteiger partial charge in [0.25, 0.3) is 0 Å². The van der Waals surface area contributed by atoms with Gasteiger partial charge in [-0.25, -0.2) is 4.98 Å². The van der Waals surface area contributed by atoms with Crippen LogP contribution in [0.1, 0.15) is 33.7 Å². The number of fused-ring (bicyclic) bond motifs is 2. The normalized spacial score (nSPS) is 21.4. The number of ether oxygens (including phenoxy) is 4. The van der Waals surface area contributed by atoms with E-state index in [2.05, 4.69) is 4.98 Å². The van der Waals surface area contributed by atoms with Crippen LogP contribution in [-0.4, -0.2) is 45.9 Å². The van der Waals surface area contributed by atoms with Crippen LogP contribution in [0, 0.1) is 0 Å². The molecular formula is C23H19NO8. The first-order chi connectivity index (χ1) is 15.4. The average Bonchev–Trinajstić information content (AvgIpc) is 2.80. The van der Waals surface area contributed by atoms with E-state index < -0.39 is 29.8 Å². The summed E-state index contributed by atoms with van der Waals surface area (Å²) < 4.78 is 22.7. The maximum absolute atomic E-state index is 12.7. The number of pyridine rings is 1. The standard InChI is InChI=1S/C23H19NO8/c1-29-19-5-3-12(9-24-19)18-10-30-15-4-2-11(6-16(15)31-18)23-22(28)21(27)20-14(26)7-13(25)8-17(20)32-23/h2-9,18,22-23,25-26,28H,10H2,1H3. The van der Waals surface area contributed by atoms with Gasteiger partial charge in [-0.3, -0.25) is 4.79 Å². The third-order valence-electron chi connectivity index (χ3n) is 5.42. The zero-order chi connectivity index (χ0) is 22.4. The number of aromatic nitrogens is 1. The number of phenolic OH excluding ortho intramolecular Hbond substituents is 2. The van der Waals surface area contributed by atoms with Crippen LogP contribution in [0.2, 0.25) is 0 Å².